The van der Waals surface area contributed by atoms with E-state index < -0.39 is 10.0 Å². The molecule has 0 bridgehead atoms. The van der Waals surface area contributed by atoms with Gasteiger partial charge in [0.2, 0.25) is 0 Å². The Morgan fingerprint density at radius 3 is 2.34 bits per heavy atom. The largest absolute Gasteiger partial charge is 0.336 e. The van der Waals surface area contributed by atoms with Crippen LogP contribution in [0.1, 0.15) is 0 Å². The zero-order valence-electron chi connectivity index (χ0n) is 15.0. The first kappa shape index (κ1) is 19.4. The highest BCUT2D eigenvalue weighted by molar-refractivity contribution is 7.92. The lowest BCUT2D eigenvalue weighted by atomic mass is 10.3. The average Bonchev–Trinajstić information content (AvgIpc) is 3.12. The lowest BCUT2D eigenvalue weighted by Gasteiger charge is -2.14. The van der Waals surface area contributed by atoms with Crippen LogP contribution < -0.4 is 10.0 Å². The number of benzene rings is 2. The smallest absolute Gasteiger partial charge is 0.266 e. The molecule has 4 aromatic rings. The van der Waals surface area contributed by atoms with E-state index in [1.807, 2.05) is 6.07 Å². The van der Waals surface area contributed by atoms with Crippen LogP contribution in [-0.2, 0) is 17.1 Å². The van der Waals surface area contributed by atoms with Gasteiger partial charge < -0.3 is 5.32 Å². The van der Waals surface area contributed by atoms with Gasteiger partial charge in [0.15, 0.2) is 11.6 Å². The standard InChI is InChI=1S/C18H14Cl2N6O2S/c1-26-10-12(9-21-26)29(27,28)25-18-17(22-14-4-2-3-5-15(14)23-18)24-16-8-11(19)6-7-13(16)20/h2-10H,1H3,(H,22,24)(H,23,25). The molecule has 11 heteroatoms. The van der Waals surface area contributed by atoms with Crippen molar-refractivity contribution in [1.82, 2.24) is 19.7 Å². The van der Waals surface area contributed by atoms with Crippen LogP contribution in [0.15, 0.2) is 59.8 Å². The van der Waals surface area contributed by atoms with Crippen molar-refractivity contribution < 1.29 is 8.42 Å². The Labute approximate surface area is 176 Å². The third-order valence-corrected chi connectivity index (χ3v) is 5.83. The van der Waals surface area contributed by atoms with Crippen molar-refractivity contribution in [2.24, 2.45) is 7.05 Å². The molecular weight excluding hydrogens is 435 g/mol. The van der Waals surface area contributed by atoms with E-state index in [2.05, 4.69) is 25.1 Å². The Balaban J connectivity index is 1.81. The minimum absolute atomic E-state index is 0.00157. The highest BCUT2D eigenvalue weighted by atomic mass is 35.5. The second-order valence-electron chi connectivity index (χ2n) is 6.11. The van der Waals surface area contributed by atoms with Gasteiger partial charge in [-0.05, 0) is 30.3 Å². The van der Waals surface area contributed by atoms with Gasteiger partial charge in [-0.3, -0.25) is 9.40 Å². The molecule has 0 fully saturated rings. The molecule has 0 aliphatic rings. The first-order chi connectivity index (χ1) is 13.8. The number of para-hydroxylation sites is 2. The number of halogens is 2. The van der Waals surface area contributed by atoms with Crippen molar-refractivity contribution in [3.63, 3.8) is 0 Å². The molecule has 0 saturated carbocycles. The molecule has 0 amide bonds. The fourth-order valence-corrected chi connectivity index (χ4v) is 3.93. The molecule has 29 heavy (non-hydrogen) atoms. The van der Waals surface area contributed by atoms with Gasteiger partial charge in [-0.1, -0.05) is 35.3 Å². The second kappa shape index (κ2) is 7.51. The fraction of sp³-hybridized carbons (Fsp3) is 0.0556. The topological polar surface area (TPSA) is 102 Å². The van der Waals surface area contributed by atoms with Crippen LogP contribution in [0.5, 0.6) is 0 Å². The first-order valence-electron chi connectivity index (χ1n) is 8.32. The van der Waals surface area contributed by atoms with Gasteiger partial charge in [0.05, 0.1) is 27.9 Å². The maximum Gasteiger partial charge on any atom is 0.266 e. The van der Waals surface area contributed by atoms with Crippen LogP contribution in [0.2, 0.25) is 10.0 Å². The number of rotatable bonds is 5. The molecule has 4 rings (SSSR count). The van der Waals surface area contributed by atoms with E-state index in [9.17, 15) is 8.42 Å². The number of nitrogens with one attached hydrogen (secondary N) is 2. The molecule has 2 N–H and O–H groups in total. The summed E-state index contributed by atoms with van der Waals surface area (Å²) >= 11 is 12.3. The Bertz CT molecular complexity index is 1320. The number of hydrogen-bond donors (Lipinski definition) is 2. The number of fused-ring (bicyclic) bond motifs is 1. The monoisotopic (exact) mass is 448 g/mol. The fourth-order valence-electron chi connectivity index (χ4n) is 2.60. The minimum atomic E-state index is -3.93. The van der Waals surface area contributed by atoms with Crippen molar-refractivity contribution >= 4 is 61.6 Å². The van der Waals surface area contributed by atoms with E-state index in [4.69, 9.17) is 23.2 Å². The molecule has 148 valence electrons. The molecule has 0 atom stereocenters. The van der Waals surface area contributed by atoms with E-state index in [0.717, 1.165) is 0 Å². The summed E-state index contributed by atoms with van der Waals surface area (Å²) in [5.74, 6) is 0.198. The summed E-state index contributed by atoms with van der Waals surface area (Å²) < 4.78 is 29.4. The quantitative estimate of drug-likeness (QED) is 0.473. The third kappa shape index (κ3) is 4.12. The van der Waals surface area contributed by atoms with Gasteiger partial charge in [0.25, 0.3) is 10.0 Å². The molecule has 8 nitrogen and oxygen atoms in total. The maximum absolute atomic E-state index is 12.8. The Kier molecular flexibility index (Phi) is 5.03. The van der Waals surface area contributed by atoms with Crippen LogP contribution in [-0.4, -0.2) is 28.2 Å². The minimum Gasteiger partial charge on any atom is -0.336 e. The van der Waals surface area contributed by atoms with Crippen molar-refractivity contribution in [3.05, 3.63) is 64.9 Å². The van der Waals surface area contributed by atoms with Crippen molar-refractivity contribution in [3.8, 4) is 0 Å². The highest BCUT2D eigenvalue weighted by Gasteiger charge is 2.21. The van der Waals surface area contributed by atoms with Crippen molar-refractivity contribution in [1.29, 1.82) is 0 Å². The van der Waals surface area contributed by atoms with E-state index in [1.54, 1.807) is 43.4 Å². The molecule has 2 aromatic carbocycles. The zero-order valence-corrected chi connectivity index (χ0v) is 17.3. The van der Waals surface area contributed by atoms with Gasteiger partial charge in [-0.15, -0.1) is 0 Å². The van der Waals surface area contributed by atoms with Crippen LogP contribution in [0.25, 0.3) is 11.0 Å². The van der Waals surface area contributed by atoms with E-state index in [0.29, 0.717) is 26.8 Å². The summed E-state index contributed by atoms with van der Waals surface area (Å²) in [4.78, 5) is 8.93. The Hall–Kier alpha value is -2.88. The van der Waals surface area contributed by atoms with Crippen LogP contribution in [0, 0.1) is 0 Å². The second-order valence-corrected chi connectivity index (χ2v) is 8.64. The van der Waals surface area contributed by atoms with E-state index >= 15 is 0 Å². The molecule has 0 radical (unpaired) electrons. The number of sulfonamides is 1. The SMILES string of the molecule is Cn1cc(S(=O)(=O)Nc2nc3ccccc3nc2Nc2cc(Cl)ccc2Cl)cn1. The Morgan fingerprint density at radius 1 is 1.00 bits per heavy atom. The summed E-state index contributed by atoms with van der Waals surface area (Å²) in [5, 5.41) is 7.77. The summed E-state index contributed by atoms with van der Waals surface area (Å²) in [6.07, 6.45) is 2.63. The van der Waals surface area contributed by atoms with Crippen molar-refractivity contribution in [2.45, 2.75) is 4.90 Å². The van der Waals surface area contributed by atoms with Gasteiger partial charge >= 0.3 is 0 Å². The third-order valence-electron chi connectivity index (χ3n) is 3.97. The van der Waals surface area contributed by atoms with Crippen LogP contribution in [0.3, 0.4) is 0 Å². The average molecular weight is 449 g/mol. The maximum atomic E-state index is 12.8. The number of nitrogens with zero attached hydrogens (tertiary/aromatic N) is 4. The number of hydrogen-bond acceptors (Lipinski definition) is 6. The molecule has 0 spiro atoms. The highest BCUT2D eigenvalue weighted by Crippen LogP contribution is 2.32. The molecule has 0 aliphatic carbocycles. The number of anilines is 3. The van der Waals surface area contributed by atoms with Gasteiger partial charge in [-0.2, -0.15) is 5.10 Å². The number of aromatic nitrogens is 4. The molecule has 2 heterocycles. The molecule has 0 aliphatic heterocycles. The van der Waals surface area contributed by atoms with Gasteiger partial charge in [0.1, 0.15) is 4.90 Å². The summed E-state index contributed by atoms with van der Waals surface area (Å²) in [7, 11) is -2.30. The summed E-state index contributed by atoms with van der Waals surface area (Å²) in [6, 6.07) is 12.0. The normalized spacial score (nSPS) is 11.6. The molecule has 2 aromatic heterocycles. The van der Waals surface area contributed by atoms with Crippen LogP contribution in [0.4, 0.5) is 17.3 Å². The predicted octanol–water partition coefficient (Wildman–Crippen LogP) is 4.21. The number of aryl methyl sites for hydroxylation is 1. The van der Waals surface area contributed by atoms with Gasteiger partial charge in [0, 0.05) is 18.3 Å². The molecule has 0 unspecified atom stereocenters. The van der Waals surface area contributed by atoms with Crippen LogP contribution >= 0.6 is 23.2 Å². The van der Waals surface area contributed by atoms with E-state index in [1.165, 1.54) is 17.1 Å². The van der Waals surface area contributed by atoms with E-state index in [-0.39, 0.29) is 16.5 Å². The zero-order chi connectivity index (χ0) is 20.6. The van der Waals surface area contributed by atoms with Crippen molar-refractivity contribution in [2.75, 3.05) is 10.0 Å². The molecular formula is C18H14Cl2N6O2S. The lowest BCUT2D eigenvalue weighted by molar-refractivity contribution is 0.601. The Morgan fingerprint density at radius 2 is 1.69 bits per heavy atom. The lowest BCUT2D eigenvalue weighted by Crippen LogP contribution is -2.15. The van der Waals surface area contributed by atoms with Gasteiger partial charge in [-0.25, -0.2) is 18.4 Å². The first-order valence-corrected chi connectivity index (χ1v) is 10.6. The predicted molar refractivity (Wildman–Crippen MR) is 113 cm³/mol. The molecule has 0 saturated heterocycles. The summed E-state index contributed by atoms with van der Waals surface area (Å²) in [6.45, 7) is 0. The summed E-state index contributed by atoms with van der Waals surface area (Å²) in [5.41, 5.74) is 1.57.